The van der Waals surface area contributed by atoms with Gasteiger partial charge in [0.2, 0.25) is 0 Å². The van der Waals surface area contributed by atoms with Gasteiger partial charge in [-0.25, -0.2) is 0 Å². The van der Waals surface area contributed by atoms with E-state index in [0.29, 0.717) is 42.4 Å². The Balaban J connectivity index is 1.09. The minimum atomic E-state index is -0.394. The van der Waals surface area contributed by atoms with Crippen LogP contribution in [0.1, 0.15) is 110 Å². The van der Waals surface area contributed by atoms with Crippen LogP contribution in [0.15, 0.2) is 35.5 Å². The highest BCUT2D eigenvalue weighted by Gasteiger charge is 2.54. The number of allylic oxidation sites excluding steroid dienone is 4. The van der Waals surface area contributed by atoms with Crippen LogP contribution in [0.4, 0.5) is 0 Å². The van der Waals surface area contributed by atoms with Crippen LogP contribution in [0.5, 0.6) is 0 Å². The monoisotopic (exact) mass is 508 g/mol. The Kier molecular flexibility index (Phi) is 7.29. The molecular weight excluding hydrogens is 456 g/mol. The predicted octanol–water partition coefficient (Wildman–Crippen LogP) is 7.12. The van der Waals surface area contributed by atoms with Gasteiger partial charge in [0.1, 0.15) is 0 Å². The molecule has 7 atom stereocenters. The van der Waals surface area contributed by atoms with Crippen molar-refractivity contribution in [3.05, 3.63) is 35.5 Å². The molecule has 0 aromatic heterocycles. The van der Waals surface area contributed by atoms with Crippen molar-refractivity contribution in [2.75, 3.05) is 0 Å². The molecule has 0 aromatic rings. The first-order valence-corrected chi connectivity index (χ1v) is 15.8. The molecule has 0 heterocycles. The molecule has 37 heavy (non-hydrogen) atoms. The largest absolute Gasteiger partial charge is 0.393 e. The van der Waals surface area contributed by atoms with Crippen LogP contribution in [0.3, 0.4) is 0 Å². The topological polar surface area (TPSA) is 60.7 Å². The highest BCUT2D eigenvalue weighted by molar-refractivity contribution is 5.26. The third-order valence-corrected chi connectivity index (χ3v) is 12.3. The van der Waals surface area contributed by atoms with Crippen LogP contribution in [-0.2, 0) is 0 Å². The Morgan fingerprint density at radius 1 is 0.919 bits per heavy atom. The van der Waals surface area contributed by atoms with E-state index in [0.717, 1.165) is 24.2 Å². The molecule has 0 amide bonds. The fraction of sp³-hybridized carbons (Fsp3) is 0.824. The second-order valence-electron chi connectivity index (χ2n) is 14.9. The Morgan fingerprint density at radius 2 is 1.57 bits per heavy atom. The van der Waals surface area contributed by atoms with Crippen molar-refractivity contribution in [1.29, 1.82) is 0 Å². The molecule has 0 aromatic carbocycles. The molecule has 7 saturated carbocycles. The van der Waals surface area contributed by atoms with E-state index in [1.807, 2.05) is 0 Å². The minimum Gasteiger partial charge on any atom is -0.393 e. The summed E-state index contributed by atoms with van der Waals surface area (Å²) in [7, 11) is 0. The van der Waals surface area contributed by atoms with Gasteiger partial charge in [-0.1, -0.05) is 49.3 Å². The summed E-state index contributed by atoms with van der Waals surface area (Å²) >= 11 is 0. The van der Waals surface area contributed by atoms with E-state index in [4.69, 9.17) is 0 Å². The summed E-state index contributed by atoms with van der Waals surface area (Å²) in [4.78, 5) is 0. The number of aliphatic hydroxyl groups excluding tert-OH is 3. The summed E-state index contributed by atoms with van der Waals surface area (Å²) in [6, 6.07) is 0. The van der Waals surface area contributed by atoms with Crippen molar-refractivity contribution in [3.8, 4) is 0 Å². The SMILES string of the molecule is C[C@H](/C=C/C[C@H](O)C12CC3CC(CC(C3)C1)C2)[C@H]1CCC2/C(=C/C=C3C[C@@H](O)C[C@H](O)C3)CCC[C@@]21C. The van der Waals surface area contributed by atoms with Gasteiger partial charge < -0.3 is 15.3 Å². The molecule has 206 valence electrons. The second-order valence-corrected chi connectivity index (χ2v) is 14.9. The lowest BCUT2D eigenvalue weighted by Crippen LogP contribution is -2.51. The molecule has 4 bridgehead atoms. The van der Waals surface area contributed by atoms with Crippen molar-refractivity contribution in [2.24, 2.45) is 46.3 Å². The molecule has 7 aliphatic carbocycles. The minimum absolute atomic E-state index is 0.148. The van der Waals surface area contributed by atoms with Crippen LogP contribution >= 0.6 is 0 Å². The predicted molar refractivity (Wildman–Crippen MR) is 150 cm³/mol. The summed E-state index contributed by atoms with van der Waals surface area (Å²) < 4.78 is 0. The Bertz CT molecular complexity index is 882. The molecule has 7 rings (SSSR count). The molecular formula is C34H52O3. The van der Waals surface area contributed by atoms with E-state index >= 15 is 0 Å². The first-order valence-electron chi connectivity index (χ1n) is 15.8. The quantitative estimate of drug-likeness (QED) is 0.335. The van der Waals surface area contributed by atoms with Gasteiger partial charge in [0, 0.05) is 0 Å². The Labute approximate surface area is 225 Å². The van der Waals surface area contributed by atoms with Gasteiger partial charge in [-0.15, -0.1) is 0 Å². The van der Waals surface area contributed by atoms with E-state index in [1.165, 1.54) is 76.2 Å². The Morgan fingerprint density at radius 3 is 2.22 bits per heavy atom. The molecule has 1 unspecified atom stereocenters. The molecule has 3 heteroatoms. The lowest BCUT2D eigenvalue weighted by Gasteiger charge is -2.58. The number of hydrogen-bond acceptors (Lipinski definition) is 3. The van der Waals surface area contributed by atoms with Crippen LogP contribution in [0, 0.1) is 46.3 Å². The van der Waals surface area contributed by atoms with Crippen LogP contribution in [0.25, 0.3) is 0 Å². The van der Waals surface area contributed by atoms with E-state index in [-0.39, 0.29) is 11.5 Å². The summed E-state index contributed by atoms with van der Waals surface area (Å²) in [6.07, 6.45) is 25.8. The second kappa shape index (κ2) is 10.3. The maximum atomic E-state index is 11.4. The molecule has 7 aliphatic rings. The lowest BCUT2D eigenvalue weighted by molar-refractivity contribution is -0.118. The summed E-state index contributed by atoms with van der Waals surface area (Å²) in [6.45, 7) is 4.98. The number of aliphatic hydroxyl groups is 3. The van der Waals surface area contributed by atoms with E-state index in [2.05, 4.69) is 38.2 Å². The number of hydrogen-bond donors (Lipinski definition) is 3. The maximum Gasteiger partial charge on any atom is 0.0631 e. The van der Waals surface area contributed by atoms with Gasteiger partial charge >= 0.3 is 0 Å². The smallest absolute Gasteiger partial charge is 0.0631 e. The van der Waals surface area contributed by atoms with Gasteiger partial charge in [-0.05, 0) is 143 Å². The van der Waals surface area contributed by atoms with Crippen molar-refractivity contribution >= 4 is 0 Å². The summed E-state index contributed by atoms with van der Waals surface area (Å²) in [5.74, 6) is 4.62. The lowest BCUT2D eigenvalue weighted by atomic mass is 9.48. The highest BCUT2D eigenvalue weighted by Crippen LogP contribution is 2.62. The average molecular weight is 509 g/mol. The van der Waals surface area contributed by atoms with Crippen molar-refractivity contribution in [2.45, 2.75) is 128 Å². The van der Waals surface area contributed by atoms with Gasteiger partial charge in [0.15, 0.2) is 0 Å². The summed E-state index contributed by atoms with van der Waals surface area (Å²) in [5, 5.41) is 31.5. The fourth-order valence-corrected chi connectivity index (χ4v) is 11.1. The molecule has 3 nitrogen and oxygen atoms in total. The van der Waals surface area contributed by atoms with Crippen LogP contribution < -0.4 is 0 Å². The normalized spacial score (nSPS) is 48.0. The molecule has 3 N–H and O–H groups in total. The fourth-order valence-electron chi connectivity index (χ4n) is 11.1. The van der Waals surface area contributed by atoms with Crippen LogP contribution in [0.2, 0.25) is 0 Å². The van der Waals surface area contributed by atoms with Gasteiger partial charge in [-0.3, -0.25) is 0 Å². The summed E-state index contributed by atoms with van der Waals surface area (Å²) in [5.41, 5.74) is 3.40. The zero-order valence-electron chi connectivity index (χ0n) is 23.5. The van der Waals surface area contributed by atoms with E-state index < -0.39 is 12.2 Å². The molecule has 0 spiro atoms. The molecule has 0 aliphatic heterocycles. The van der Waals surface area contributed by atoms with Gasteiger partial charge in [0.25, 0.3) is 0 Å². The van der Waals surface area contributed by atoms with Crippen molar-refractivity contribution in [3.63, 3.8) is 0 Å². The first kappa shape index (κ1) is 26.3. The zero-order valence-corrected chi connectivity index (χ0v) is 23.5. The van der Waals surface area contributed by atoms with Crippen LogP contribution in [-0.4, -0.2) is 33.6 Å². The average Bonchev–Trinajstić information content (AvgIpc) is 3.19. The molecule has 0 saturated heterocycles. The molecule has 0 radical (unpaired) electrons. The zero-order chi connectivity index (χ0) is 25.8. The van der Waals surface area contributed by atoms with Gasteiger partial charge in [0.05, 0.1) is 18.3 Å². The number of fused-ring (bicyclic) bond motifs is 1. The maximum absolute atomic E-state index is 11.4. The Hall–Kier alpha value is -0.900. The standard InChI is InChI=1S/C34H52O3/c1-22(5-3-7-32(37)34-19-24-13-25(20-34)15-26(14-24)21-34)30-10-11-31-27(6-4-12-33(30,31)2)9-8-23-16-28(35)18-29(36)17-23/h3,5,8-9,22,24-26,28-32,35-37H,4,6-7,10-21H2,1-2H3/b5-3+,27-9+/t22-,24?,25?,26?,28-,29-,30-,31?,32+,33-,34?/m1/s1. The van der Waals surface area contributed by atoms with E-state index in [1.54, 1.807) is 5.57 Å². The van der Waals surface area contributed by atoms with E-state index in [9.17, 15) is 15.3 Å². The van der Waals surface area contributed by atoms with Crippen molar-refractivity contribution in [1.82, 2.24) is 0 Å². The third-order valence-electron chi connectivity index (χ3n) is 12.3. The van der Waals surface area contributed by atoms with Crippen molar-refractivity contribution < 1.29 is 15.3 Å². The third kappa shape index (κ3) is 5.07. The first-order chi connectivity index (χ1) is 17.7. The highest BCUT2D eigenvalue weighted by atomic mass is 16.3. The molecule has 7 fully saturated rings. The number of rotatable bonds is 6. The van der Waals surface area contributed by atoms with Gasteiger partial charge in [-0.2, -0.15) is 0 Å².